The Morgan fingerprint density at radius 2 is 1.65 bits per heavy atom. The van der Waals surface area contributed by atoms with Crippen LogP contribution in [0.25, 0.3) is 0 Å². The third-order valence-electron chi connectivity index (χ3n) is 5.32. The summed E-state index contributed by atoms with van der Waals surface area (Å²) in [5.41, 5.74) is 1.16. The Bertz CT molecular complexity index is 525. The Morgan fingerprint density at radius 1 is 1.04 bits per heavy atom. The fourth-order valence-corrected chi connectivity index (χ4v) is 3.51. The Morgan fingerprint density at radius 3 is 2.23 bits per heavy atom. The molecular formula is C22H34O4. The zero-order valence-corrected chi connectivity index (χ0v) is 16.3. The summed E-state index contributed by atoms with van der Waals surface area (Å²) in [6, 6.07) is 6.75. The van der Waals surface area contributed by atoms with Gasteiger partial charge in [-0.2, -0.15) is 0 Å². The average Bonchev–Trinajstić information content (AvgIpc) is 2.65. The highest BCUT2D eigenvalue weighted by Gasteiger charge is 2.29. The van der Waals surface area contributed by atoms with Crippen LogP contribution in [0.15, 0.2) is 24.3 Å². The van der Waals surface area contributed by atoms with E-state index in [1.165, 1.54) is 51.4 Å². The van der Waals surface area contributed by atoms with Crippen molar-refractivity contribution in [3.8, 4) is 0 Å². The lowest BCUT2D eigenvalue weighted by Gasteiger charge is -2.35. The molecule has 1 saturated heterocycles. The van der Waals surface area contributed by atoms with Gasteiger partial charge in [0, 0.05) is 11.5 Å². The van der Waals surface area contributed by atoms with Crippen molar-refractivity contribution < 1.29 is 19.4 Å². The molecule has 1 fully saturated rings. The van der Waals surface area contributed by atoms with E-state index in [1.807, 2.05) is 0 Å². The first-order valence-electron chi connectivity index (χ1n) is 10.2. The van der Waals surface area contributed by atoms with Crippen LogP contribution in [0, 0.1) is 5.92 Å². The molecule has 1 aromatic rings. The van der Waals surface area contributed by atoms with Gasteiger partial charge in [-0.05, 0) is 25.5 Å². The van der Waals surface area contributed by atoms with E-state index >= 15 is 0 Å². The SMILES string of the molecule is CCCCCCCCCC[C@H]1CO[C@H](c2ccc(C(=O)O)cc2)O[C@@H]1C. The average molecular weight is 363 g/mol. The van der Waals surface area contributed by atoms with Crippen LogP contribution in [0.2, 0.25) is 0 Å². The summed E-state index contributed by atoms with van der Waals surface area (Å²) >= 11 is 0. The van der Waals surface area contributed by atoms with Gasteiger partial charge in [-0.25, -0.2) is 4.79 Å². The van der Waals surface area contributed by atoms with Crippen molar-refractivity contribution in [2.24, 2.45) is 5.92 Å². The highest BCUT2D eigenvalue weighted by Crippen LogP contribution is 2.31. The zero-order chi connectivity index (χ0) is 18.8. The normalized spacial score (nSPS) is 23.1. The molecule has 3 atom stereocenters. The van der Waals surface area contributed by atoms with Crippen LogP contribution in [-0.4, -0.2) is 23.8 Å². The number of benzene rings is 1. The lowest BCUT2D eigenvalue weighted by Crippen LogP contribution is -2.34. The maximum absolute atomic E-state index is 10.9. The summed E-state index contributed by atoms with van der Waals surface area (Å²) in [5, 5.41) is 8.97. The highest BCUT2D eigenvalue weighted by molar-refractivity contribution is 5.87. The molecule has 4 heteroatoms. The molecule has 0 bridgehead atoms. The monoisotopic (exact) mass is 362 g/mol. The van der Waals surface area contributed by atoms with E-state index in [4.69, 9.17) is 14.6 Å². The maximum Gasteiger partial charge on any atom is 0.335 e. The van der Waals surface area contributed by atoms with Gasteiger partial charge >= 0.3 is 5.97 Å². The lowest BCUT2D eigenvalue weighted by atomic mass is 9.95. The molecule has 0 spiro atoms. The molecule has 0 amide bonds. The van der Waals surface area contributed by atoms with Gasteiger partial charge in [0.2, 0.25) is 0 Å². The van der Waals surface area contributed by atoms with E-state index in [1.54, 1.807) is 24.3 Å². The third kappa shape index (κ3) is 6.73. The Kier molecular flexibility index (Phi) is 9.13. The molecule has 26 heavy (non-hydrogen) atoms. The molecule has 4 nitrogen and oxygen atoms in total. The van der Waals surface area contributed by atoms with E-state index in [2.05, 4.69) is 13.8 Å². The van der Waals surface area contributed by atoms with Gasteiger partial charge in [0.1, 0.15) is 0 Å². The van der Waals surface area contributed by atoms with Gasteiger partial charge < -0.3 is 14.6 Å². The number of carboxylic acids is 1. The molecule has 0 unspecified atom stereocenters. The number of rotatable bonds is 11. The van der Waals surface area contributed by atoms with Crippen LogP contribution in [-0.2, 0) is 9.47 Å². The van der Waals surface area contributed by atoms with Crippen molar-refractivity contribution >= 4 is 5.97 Å². The van der Waals surface area contributed by atoms with E-state index in [9.17, 15) is 4.79 Å². The molecule has 0 aromatic heterocycles. The summed E-state index contributed by atoms with van der Waals surface area (Å²) in [6.07, 6.45) is 11.6. The number of ether oxygens (including phenoxy) is 2. The topological polar surface area (TPSA) is 55.8 Å². The van der Waals surface area contributed by atoms with Crippen LogP contribution in [0.4, 0.5) is 0 Å². The van der Waals surface area contributed by atoms with E-state index in [0.29, 0.717) is 12.5 Å². The second-order valence-corrected chi connectivity index (χ2v) is 7.46. The summed E-state index contributed by atoms with van der Waals surface area (Å²) in [4.78, 5) is 10.9. The summed E-state index contributed by atoms with van der Waals surface area (Å²) in [5.74, 6) is -0.467. The molecular weight excluding hydrogens is 328 g/mol. The highest BCUT2D eigenvalue weighted by atomic mass is 16.7. The summed E-state index contributed by atoms with van der Waals surface area (Å²) in [6.45, 7) is 5.09. The minimum atomic E-state index is -0.916. The zero-order valence-electron chi connectivity index (χ0n) is 16.3. The van der Waals surface area contributed by atoms with Crippen LogP contribution in [0.3, 0.4) is 0 Å². The van der Waals surface area contributed by atoms with Crippen molar-refractivity contribution in [1.82, 2.24) is 0 Å². The second kappa shape index (κ2) is 11.3. The molecule has 2 rings (SSSR count). The van der Waals surface area contributed by atoms with Crippen molar-refractivity contribution in [2.75, 3.05) is 6.61 Å². The third-order valence-corrected chi connectivity index (χ3v) is 5.32. The summed E-state index contributed by atoms with van der Waals surface area (Å²) < 4.78 is 11.9. The number of carbonyl (C=O) groups is 1. The standard InChI is InChI=1S/C22H34O4/c1-3-4-5-6-7-8-9-10-11-20-16-25-22(26-17(20)2)19-14-12-18(13-15-19)21(23)24/h12-15,17,20,22H,3-11,16H2,1-2H3,(H,23,24)/t17-,20+,22+/m1/s1. The van der Waals surface area contributed by atoms with Crippen molar-refractivity contribution in [3.63, 3.8) is 0 Å². The van der Waals surface area contributed by atoms with Crippen LogP contribution < -0.4 is 0 Å². The predicted molar refractivity (Wildman–Crippen MR) is 103 cm³/mol. The summed E-state index contributed by atoms with van der Waals surface area (Å²) in [7, 11) is 0. The molecule has 1 aromatic carbocycles. The minimum absolute atomic E-state index is 0.164. The first kappa shape index (κ1) is 20.9. The van der Waals surface area contributed by atoms with E-state index < -0.39 is 5.97 Å². The van der Waals surface area contributed by atoms with Gasteiger partial charge in [-0.1, -0.05) is 70.4 Å². The van der Waals surface area contributed by atoms with Gasteiger partial charge in [0.05, 0.1) is 18.3 Å². The second-order valence-electron chi connectivity index (χ2n) is 7.46. The van der Waals surface area contributed by atoms with Crippen LogP contribution in [0.1, 0.15) is 93.8 Å². The van der Waals surface area contributed by atoms with Crippen molar-refractivity contribution in [3.05, 3.63) is 35.4 Å². The van der Waals surface area contributed by atoms with Gasteiger partial charge in [-0.15, -0.1) is 0 Å². The molecule has 146 valence electrons. The van der Waals surface area contributed by atoms with Crippen molar-refractivity contribution in [1.29, 1.82) is 0 Å². The Balaban J connectivity index is 1.65. The van der Waals surface area contributed by atoms with Crippen LogP contribution >= 0.6 is 0 Å². The first-order chi connectivity index (χ1) is 12.6. The predicted octanol–water partition coefficient (Wildman–Crippen LogP) is 5.97. The quantitative estimate of drug-likeness (QED) is 0.493. The number of carboxylic acid groups (broad SMARTS) is 1. The van der Waals surface area contributed by atoms with Gasteiger partial charge in [0.25, 0.3) is 0 Å². The van der Waals surface area contributed by atoms with Crippen LogP contribution in [0.5, 0.6) is 0 Å². The van der Waals surface area contributed by atoms with Gasteiger partial charge in [0.15, 0.2) is 6.29 Å². The van der Waals surface area contributed by atoms with E-state index in [0.717, 1.165) is 12.0 Å². The number of hydrogen-bond acceptors (Lipinski definition) is 3. The fraction of sp³-hybridized carbons (Fsp3) is 0.682. The van der Waals surface area contributed by atoms with E-state index in [-0.39, 0.29) is 18.0 Å². The molecule has 1 heterocycles. The smallest absolute Gasteiger partial charge is 0.335 e. The molecule has 1 N–H and O–H groups in total. The van der Waals surface area contributed by atoms with Gasteiger partial charge in [-0.3, -0.25) is 0 Å². The Hall–Kier alpha value is -1.39. The largest absolute Gasteiger partial charge is 0.478 e. The maximum atomic E-state index is 10.9. The minimum Gasteiger partial charge on any atom is -0.478 e. The number of aromatic carboxylic acids is 1. The molecule has 0 radical (unpaired) electrons. The molecule has 1 aliphatic rings. The molecule has 1 aliphatic heterocycles. The number of hydrogen-bond donors (Lipinski definition) is 1. The Labute approximate surface area is 157 Å². The fourth-order valence-electron chi connectivity index (χ4n) is 3.51. The van der Waals surface area contributed by atoms with Crippen molar-refractivity contribution in [2.45, 2.75) is 84.0 Å². The first-order valence-corrected chi connectivity index (χ1v) is 10.2. The number of unbranched alkanes of at least 4 members (excludes halogenated alkanes) is 7. The molecule has 0 aliphatic carbocycles. The lowest BCUT2D eigenvalue weighted by molar-refractivity contribution is -0.237. The molecule has 0 saturated carbocycles.